The highest BCUT2D eigenvalue weighted by Crippen LogP contribution is 2.48. The first kappa shape index (κ1) is 29.3. The Labute approximate surface area is 246 Å². The number of anilines is 1. The van der Waals surface area contributed by atoms with Crippen molar-refractivity contribution in [2.75, 3.05) is 30.6 Å². The van der Waals surface area contributed by atoms with Crippen LogP contribution >= 0.6 is 23.1 Å². The number of thioether (sulfide) groups is 1. The first-order chi connectivity index (χ1) is 19.4. The van der Waals surface area contributed by atoms with Gasteiger partial charge >= 0.3 is 0 Å². The molecule has 2 N–H and O–H groups in total. The van der Waals surface area contributed by atoms with E-state index in [-0.39, 0.29) is 25.1 Å². The number of fused-ring (bicyclic) bond motifs is 4. The zero-order chi connectivity index (χ0) is 29.4. The lowest BCUT2D eigenvalue weighted by Crippen LogP contribution is -2.36. The number of nitrogens with zero attached hydrogens (tertiary/aromatic N) is 2. The zero-order valence-electron chi connectivity index (χ0n) is 22.2. The number of carbonyl (C=O) groups is 1. The number of methoxy groups -OCH3 is 1. The molecule has 216 valence electrons. The van der Waals surface area contributed by atoms with Crippen LogP contribution in [0.5, 0.6) is 5.75 Å². The van der Waals surface area contributed by atoms with Crippen molar-refractivity contribution in [3.63, 3.8) is 0 Å². The number of sulfonamides is 1. The summed E-state index contributed by atoms with van der Waals surface area (Å²) in [6.45, 7) is 0.575. The Morgan fingerprint density at radius 2 is 1.90 bits per heavy atom. The van der Waals surface area contributed by atoms with E-state index in [2.05, 4.69) is 4.57 Å². The SMILES string of the molecule is COc1ccc2c(c1)N(CCC(=O)NS(C)(=O)=O)C(=Cc1sc3ccc4ccccc4c3[n+]1CCCS(=O)(=O)O)S2. The Bertz CT molecular complexity index is 1900. The number of thiazole rings is 1. The predicted molar refractivity (Wildman–Crippen MR) is 162 cm³/mol. The van der Waals surface area contributed by atoms with Gasteiger partial charge < -0.3 is 9.64 Å². The quantitative estimate of drug-likeness (QED) is 0.196. The van der Waals surface area contributed by atoms with Gasteiger partial charge in [-0.15, -0.1) is 0 Å². The van der Waals surface area contributed by atoms with Crippen molar-refractivity contribution < 1.29 is 35.5 Å². The highest BCUT2D eigenvalue weighted by Gasteiger charge is 2.30. The Kier molecular flexibility index (Phi) is 8.30. The number of aromatic nitrogens is 1. The van der Waals surface area contributed by atoms with Gasteiger partial charge in [-0.1, -0.05) is 47.4 Å². The molecule has 0 spiro atoms. The molecule has 3 aromatic carbocycles. The topological polar surface area (TPSA) is 134 Å². The van der Waals surface area contributed by atoms with Gasteiger partial charge in [0, 0.05) is 30.3 Å². The molecular formula is C27H28N3O7S4+. The summed E-state index contributed by atoms with van der Waals surface area (Å²) in [6, 6.07) is 17.7. The van der Waals surface area contributed by atoms with Crippen LogP contribution in [0.25, 0.3) is 27.1 Å². The van der Waals surface area contributed by atoms with E-state index in [1.807, 2.05) is 70.3 Å². The lowest BCUT2D eigenvalue weighted by atomic mass is 10.1. The first-order valence-corrected chi connectivity index (χ1v) is 17.7. The second-order valence-corrected chi connectivity index (χ2v) is 14.9. The van der Waals surface area contributed by atoms with Crippen LogP contribution in [-0.2, 0) is 31.5 Å². The van der Waals surface area contributed by atoms with Gasteiger partial charge in [0.05, 0.1) is 41.3 Å². The molecule has 0 radical (unpaired) electrons. The standard InChI is InChI=1S/C27H27N3O7S4/c1-37-19-9-11-22-21(16-19)29(14-12-24(31)28-40(2,32)33)25(38-22)17-26-30(13-5-15-41(34,35)36)27-20-7-4-3-6-18(20)8-10-23(27)39-26/h3-4,6-11,16-17H,5,12-15H2,1-2H3,(H-,28,31,34,35,36)/p+1. The van der Waals surface area contributed by atoms with E-state index < -0.39 is 26.0 Å². The number of benzene rings is 3. The molecule has 41 heavy (non-hydrogen) atoms. The van der Waals surface area contributed by atoms with Crippen molar-refractivity contribution in [1.82, 2.24) is 4.72 Å². The molecule has 10 nitrogen and oxygen atoms in total. The number of rotatable bonds is 10. The molecule has 0 bridgehead atoms. The first-order valence-electron chi connectivity index (χ1n) is 12.6. The molecule has 0 atom stereocenters. The molecule has 1 amide bonds. The highest BCUT2D eigenvalue weighted by molar-refractivity contribution is 8.04. The minimum absolute atomic E-state index is 0.0625. The van der Waals surface area contributed by atoms with Gasteiger partial charge in [-0.25, -0.2) is 8.42 Å². The molecule has 0 saturated carbocycles. The van der Waals surface area contributed by atoms with E-state index in [1.54, 1.807) is 18.4 Å². The summed E-state index contributed by atoms with van der Waals surface area (Å²) in [5.74, 6) is -0.328. The lowest BCUT2D eigenvalue weighted by Gasteiger charge is -2.20. The number of nitrogens with one attached hydrogen (secondary N) is 1. The van der Waals surface area contributed by atoms with Gasteiger partial charge in [0.15, 0.2) is 6.54 Å². The van der Waals surface area contributed by atoms with Crippen molar-refractivity contribution in [3.05, 3.63) is 64.6 Å². The van der Waals surface area contributed by atoms with E-state index >= 15 is 0 Å². The van der Waals surface area contributed by atoms with Crippen molar-refractivity contribution in [1.29, 1.82) is 0 Å². The van der Waals surface area contributed by atoms with Crippen molar-refractivity contribution in [2.24, 2.45) is 0 Å². The summed E-state index contributed by atoms with van der Waals surface area (Å²) in [5, 5.41) is 3.76. The molecular weight excluding hydrogens is 607 g/mol. The molecule has 1 aliphatic rings. The maximum absolute atomic E-state index is 12.4. The maximum atomic E-state index is 12.4. The molecule has 1 aromatic heterocycles. The van der Waals surface area contributed by atoms with E-state index in [9.17, 15) is 26.2 Å². The second-order valence-electron chi connectivity index (χ2n) is 9.48. The smallest absolute Gasteiger partial charge is 0.265 e. The normalized spacial score (nSPS) is 14.6. The Hall–Kier alpha value is -3.17. The fraction of sp³-hybridized carbons (Fsp3) is 0.259. The third-order valence-electron chi connectivity index (χ3n) is 6.44. The van der Waals surface area contributed by atoms with Gasteiger partial charge in [0.1, 0.15) is 10.4 Å². The summed E-state index contributed by atoms with van der Waals surface area (Å²) < 4.78 is 65.9. The van der Waals surface area contributed by atoms with E-state index in [0.29, 0.717) is 12.3 Å². The lowest BCUT2D eigenvalue weighted by molar-refractivity contribution is -0.667. The molecule has 5 rings (SSSR count). The van der Waals surface area contributed by atoms with Gasteiger partial charge in [-0.3, -0.25) is 14.1 Å². The molecule has 2 heterocycles. The average Bonchev–Trinajstić information content (AvgIpc) is 3.42. The van der Waals surface area contributed by atoms with E-state index in [0.717, 1.165) is 47.9 Å². The molecule has 0 fully saturated rings. The fourth-order valence-electron chi connectivity index (χ4n) is 4.73. The van der Waals surface area contributed by atoms with Gasteiger partial charge in [0.2, 0.25) is 21.4 Å². The summed E-state index contributed by atoms with van der Waals surface area (Å²) in [7, 11) is -6.23. The summed E-state index contributed by atoms with van der Waals surface area (Å²) in [4.78, 5) is 15.3. The molecule has 14 heteroatoms. The highest BCUT2D eigenvalue weighted by atomic mass is 32.2. The Morgan fingerprint density at radius 3 is 2.63 bits per heavy atom. The number of aryl methyl sites for hydroxylation is 1. The molecule has 0 unspecified atom stereocenters. The van der Waals surface area contributed by atoms with Crippen LogP contribution in [0.3, 0.4) is 0 Å². The van der Waals surface area contributed by atoms with Crippen molar-refractivity contribution >= 4 is 81.9 Å². The van der Waals surface area contributed by atoms with Gasteiger partial charge in [0.25, 0.3) is 15.1 Å². The van der Waals surface area contributed by atoms with Crippen LogP contribution in [-0.4, -0.2) is 53.0 Å². The minimum atomic E-state index is -4.12. The summed E-state index contributed by atoms with van der Waals surface area (Å²) >= 11 is 3.07. The monoisotopic (exact) mass is 634 g/mol. The molecule has 1 aliphatic heterocycles. The van der Waals surface area contributed by atoms with Crippen LogP contribution in [0.15, 0.2) is 64.5 Å². The molecule has 4 aromatic rings. The van der Waals surface area contributed by atoms with Crippen LogP contribution in [0, 0.1) is 0 Å². The number of amides is 1. The number of ether oxygens (including phenoxy) is 1. The van der Waals surface area contributed by atoms with Crippen LogP contribution in [0.2, 0.25) is 0 Å². The van der Waals surface area contributed by atoms with Gasteiger partial charge in [-0.2, -0.15) is 13.0 Å². The largest absolute Gasteiger partial charge is 0.497 e. The van der Waals surface area contributed by atoms with Gasteiger partial charge in [-0.05, 0) is 29.7 Å². The van der Waals surface area contributed by atoms with E-state index in [1.165, 1.54) is 11.8 Å². The summed E-state index contributed by atoms with van der Waals surface area (Å²) in [6.07, 6.45) is 3.09. The molecule has 0 saturated heterocycles. The van der Waals surface area contributed by atoms with E-state index in [4.69, 9.17) is 4.74 Å². The Morgan fingerprint density at radius 1 is 1.12 bits per heavy atom. The van der Waals surface area contributed by atoms with Crippen molar-refractivity contribution in [3.8, 4) is 5.75 Å². The van der Waals surface area contributed by atoms with Crippen LogP contribution in [0.1, 0.15) is 17.8 Å². The number of hydrogen-bond acceptors (Lipinski definition) is 9. The summed E-state index contributed by atoms with van der Waals surface area (Å²) in [5.41, 5.74) is 1.80. The molecule has 0 aliphatic carbocycles. The minimum Gasteiger partial charge on any atom is -0.497 e. The van der Waals surface area contributed by atoms with Crippen molar-refractivity contribution in [2.45, 2.75) is 24.3 Å². The average molecular weight is 635 g/mol. The maximum Gasteiger partial charge on any atom is 0.265 e. The number of hydrogen-bond donors (Lipinski definition) is 2. The van der Waals surface area contributed by atoms with Crippen LogP contribution < -0.4 is 18.9 Å². The van der Waals surface area contributed by atoms with Crippen LogP contribution in [0.4, 0.5) is 5.69 Å². The third-order valence-corrected chi connectivity index (χ3v) is 10.1. The second kappa shape index (κ2) is 11.6. The Balaban J connectivity index is 1.59. The predicted octanol–water partition coefficient (Wildman–Crippen LogP) is 4.01. The third kappa shape index (κ3) is 6.84. The zero-order valence-corrected chi connectivity index (χ0v) is 25.5. The number of carbonyl (C=O) groups excluding carboxylic acids is 1. The fourth-order valence-corrected chi connectivity index (χ4v) is 8.06.